The molecule has 1 saturated heterocycles. The van der Waals surface area contributed by atoms with Crippen LogP contribution in [0.2, 0.25) is 0 Å². The lowest BCUT2D eigenvalue weighted by Crippen LogP contribution is -2.38. The van der Waals surface area contributed by atoms with E-state index in [0.29, 0.717) is 0 Å². The first-order valence-corrected chi connectivity index (χ1v) is 7.75. The number of carbonyl (C=O) groups excluding carboxylic acids is 2. The number of thiophene rings is 1. The van der Waals surface area contributed by atoms with Gasteiger partial charge >= 0.3 is 0 Å². The molecule has 1 fully saturated rings. The highest BCUT2D eigenvalue weighted by Gasteiger charge is 2.17. The number of hydrogen-bond acceptors (Lipinski definition) is 3. The number of nitrogens with zero attached hydrogens (tertiary/aromatic N) is 1. The summed E-state index contributed by atoms with van der Waals surface area (Å²) in [5.41, 5.74) is 0. The van der Waals surface area contributed by atoms with Crippen LogP contribution in [0.25, 0.3) is 6.08 Å². The van der Waals surface area contributed by atoms with Crippen LogP contribution < -0.4 is 5.32 Å². The third-order valence-electron chi connectivity index (χ3n) is 2.87. The molecule has 0 atom stereocenters. The van der Waals surface area contributed by atoms with Crippen LogP contribution >= 0.6 is 27.3 Å². The van der Waals surface area contributed by atoms with E-state index in [1.54, 1.807) is 22.3 Å². The van der Waals surface area contributed by atoms with Crippen molar-refractivity contribution in [3.63, 3.8) is 0 Å². The lowest BCUT2D eigenvalue weighted by atomic mass is 10.4. The number of amides is 2. The quantitative estimate of drug-likeness (QED) is 0.853. The molecular weight excluding hydrogens is 328 g/mol. The van der Waals surface area contributed by atoms with Crippen molar-refractivity contribution in [1.29, 1.82) is 0 Å². The Labute approximate surface area is 124 Å². The smallest absolute Gasteiger partial charge is 0.244 e. The molecule has 0 saturated carbocycles. The lowest BCUT2D eigenvalue weighted by Gasteiger charge is -2.14. The van der Waals surface area contributed by atoms with E-state index in [1.165, 1.54) is 6.08 Å². The Bertz CT molecular complexity index is 493. The van der Waals surface area contributed by atoms with E-state index in [1.807, 2.05) is 12.1 Å². The van der Waals surface area contributed by atoms with Crippen LogP contribution in [0, 0.1) is 0 Å². The maximum Gasteiger partial charge on any atom is 0.244 e. The molecule has 2 rings (SSSR count). The number of carbonyl (C=O) groups is 2. The summed E-state index contributed by atoms with van der Waals surface area (Å²) >= 11 is 4.91. The molecule has 1 aliphatic rings. The Morgan fingerprint density at radius 2 is 2.11 bits per heavy atom. The molecule has 19 heavy (non-hydrogen) atoms. The first kappa shape index (κ1) is 14.3. The zero-order valence-electron chi connectivity index (χ0n) is 10.4. The molecule has 0 radical (unpaired) electrons. The van der Waals surface area contributed by atoms with Crippen molar-refractivity contribution < 1.29 is 9.59 Å². The van der Waals surface area contributed by atoms with Gasteiger partial charge in [0.05, 0.1) is 10.3 Å². The molecule has 4 nitrogen and oxygen atoms in total. The first-order chi connectivity index (χ1) is 9.15. The minimum atomic E-state index is -0.239. The van der Waals surface area contributed by atoms with Gasteiger partial charge < -0.3 is 10.2 Å². The van der Waals surface area contributed by atoms with Crippen molar-refractivity contribution in [3.05, 3.63) is 26.9 Å². The summed E-state index contributed by atoms with van der Waals surface area (Å²) in [4.78, 5) is 26.1. The Kier molecular flexibility index (Phi) is 5.15. The standard InChI is InChI=1S/C13H15BrN2O2S/c14-11-5-3-10(19-11)4-6-12(17)15-9-13(18)16-7-1-2-8-16/h3-6H,1-2,7-9H2,(H,15,17)/b6-4+. The van der Waals surface area contributed by atoms with Gasteiger partial charge in [0.15, 0.2) is 0 Å². The Morgan fingerprint density at radius 1 is 1.37 bits per heavy atom. The SMILES string of the molecule is O=C(/C=C/c1ccc(Br)s1)NCC(=O)N1CCCC1. The van der Waals surface area contributed by atoms with Crippen LogP contribution in [0.3, 0.4) is 0 Å². The molecular formula is C13H15BrN2O2S. The summed E-state index contributed by atoms with van der Waals surface area (Å²) < 4.78 is 1.02. The second-order valence-electron chi connectivity index (χ2n) is 4.28. The maximum atomic E-state index is 11.7. The van der Waals surface area contributed by atoms with Gasteiger partial charge in [0, 0.05) is 24.0 Å². The van der Waals surface area contributed by atoms with E-state index in [9.17, 15) is 9.59 Å². The molecule has 0 aliphatic carbocycles. The Hall–Kier alpha value is -1.14. The van der Waals surface area contributed by atoms with Crippen molar-refractivity contribution in [3.8, 4) is 0 Å². The van der Waals surface area contributed by atoms with Crippen LogP contribution in [0.4, 0.5) is 0 Å². The molecule has 2 amide bonds. The topological polar surface area (TPSA) is 49.4 Å². The Balaban J connectivity index is 1.75. The fraction of sp³-hybridized carbons (Fsp3) is 0.385. The number of likely N-dealkylation sites (tertiary alicyclic amines) is 1. The summed E-state index contributed by atoms with van der Waals surface area (Å²) in [5, 5.41) is 2.61. The first-order valence-electron chi connectivity index (χ1n) is 6.14. The average Bonchev–Trinajstić information content (AvgIpc) is 3.04. The minimum absolute atomic E-state index is 0.00174. The molecule has 0 aromatic carbocycles. The fourth-order valence-electron chi connectivity index (χ4n) is 1.88. The van der Waals surface area contributed by atoms with Gasteiger partial charge in [0.2, 0.25) is 11.8 Å². The van der Waals surface area contributed by atoms with Gasteiger partial charge in [0.25, 0.3) is 0 Å². The zero-order chi connectivity index (χ0) is 13.7. The van der Waals surface area contributed by atoms with Crippen LogP contribution in [0.1, 0.15) is 17.7 Å². The lowest BCUT2D eigenvalue weighted by molar-refractivity contribution is -0.131. The van der Waals surface area contributed by atoms with Gasteiger partial charge in [-0.05, 0) is 47.0 Å². The molecule has 1 aliphatic heterocycles. The van der Waals surface area contributed by atoms with E-state index >= 15 is 0 Å². The molecule has 0 spiro atoms. The second kappa shape index (κ2) is 6.86. The number of rotatable bonds is 4. The largest absolute Gasteiger partial charge is 0.343 e. The van der Waals surface area contributed by atoms with Crippen molar-refractivity contribution in [2.24, 2.45) is 0 Å². The van der Waals surface area contributed by atoms with Gasteiger partial charge in [-0.3, -0.25) is 9.59 Å². The van der Waals surface area contributed by atoms with Gasteiger partial charge in [-0.1, -0.05) is 0 Å². The number of nitrogens with one attached hydrogen (secondary N) is 1. The van der Waals surface area contributed by atoms with Crippen LogP contribution in [-0.2, 0) is 9.59 Å². The third kappa shape index (κ3) is 4.47. The van der Waals surface area contributed by atoms with Gasteiger partial charge in [-0.15, -0.1) is 11.3 Å². The van der Waals surface area contributed by atoms with Gasteiger partial charge in [-0.2, -0.15) is 0 Å². The highest BCUT2D eigenvalue weighted by atomic mass is 79.9. The van der Waals surface area contributed by atoms with Crippen LogP contribution in [0.5, 0.6) is 0 Å². The summed E-state index contributed by atoms with van der Waals surface area (Å²) in [5.74, 6) is -0.241. The van der Waals surface area contributed by atoms with Crippen molar-refractivity contribution in [1.82, 2.24) is 10.2 Å². The highest BCUT2D eigenvalue weighted by molar-refractivity contribution is 9.11. The normalized spacial score (nSPS) is 15.1. The molecule has 0 bridgehead atoms. The second-order valence-corrected chi connectivity index (χ2v) is 6.78. The maximum absolute atomic E-state index is 11.7. The van der Waals surface area contributed by atoms with Crippen molar-refractivity contribution >= 4 is 45.2 Å². The van der Waals surface area contributed by atoms with Gasteiger partial charge in [0.1, 0.15) is 0 Å². The zero-order valence-corrected chi connectivity index (χ0v) is 12.8. The minimum Gasteiger partial charge on any atom is -0.343 e. The van der Waals surface area contributed by atoms with E-state index in [4.69, 9.17) is 0 Å². The number of halogens is 1. The monoisotopic (exact) mass is 342 g/mol. The van der Waals surface area contributed by atoms with Crippen molar-refractivity contribution in [2.45, 2.75) is 12.8 Å². The van der Waals surface area contributed by atoms with E-state index in [-0.39, 0.29) is 18.4 Å². The fourth-order valence-corrected chi connectivity index (χ4v) is 3.20. The molecule has 1 aromatic heterocycles. The molecule has 2 heterocycles. The summed E-state index contributed by atoms with van der Waals surface area (Å²) in [7, 11) is 0. The summed E-state index contributed by atoms with van der Waals surface area (Å²) in [6, 6.07) is 3.85. The number of hydrogen-bond donors (Lipinski definition) is 1. The Morgan fingerprint density at radius 3 is 2.74 bits per heavy atom. The molecule has 1 aromatic rings. The van der Waals surface area contributed by atoms with E-state index in [0.717, 1.165) is 34.6 Å². The third-order valence-corrected chi connectivity index (χ3v) is 4.45. The van der Waals surface area contributed by atoms with Gasteiger partial charge in [-0.25, -0.2) is 0 Å². The molecule has 102 valence electrons. The molecule has 1 N–H and O–H groups in total. The predicted molar refractivity (Wildman–Crippen MR) is 79.9 cm³/mol. The van der Waals surface area contributed by atoms with Crippen LogP contribution in [0.15, 0.2) is 22.0 Å². The van der Waals surface area contributed by atoms with Crippen LogP contribution in [-0.4, -0.2) is 36.3 Å². The average molecular weight is 343 g/mol. The molecule has 0 unspecified atom stereocenters. The van der Waals surface area contributed by atoms with Crippen molar-refractivity contribution in [2.75, 3.05) is 19.6 Å². The van der Waals surface area contributed by atoms with E-state index < -0.39 is 0 Å². The highest BCUT2D eigenvalue weighted by Crippen LogP contribution is 2.22. The molecule has 6 heteroatoms. The predicted octanol–water partition coefficient (Wildman–Crippen LogP) is 2.26. The summed E-state index contributed by atoms with van der Waals surface area (Å²) in [6.07, 6.45) is 5.32. The summed E-state index contributed by atoms with van der Waals surface area (Å²) in [6.45, 7) is 1.71. The van der Waals surface area contributed by atoms with E-state index in [2.05, 4.69) is 21.2 Å².